The van der Waals surface area contributed by atoms with Crippen molar-refractivity contribution in [1.82, 2.24) is 5.32 Å². The van der Waals surface area contributed by atoms with E-state index in [2.05, 4.69) is 19.2 Å². The molecule has 0 radical (unpaired) electrons. The Morgan fingerprint density at radius 3 is 1.26 bits per heavy atom. The second-order valence-corrected chi connectivity index (χ2v) is 16.5. The van der Waals surface area contributed by atoms with E-state index in [1.54, 1.807) is 6.08 Å². The minimum atomic E-state index is -0.849. The molecule has 54 heavy (non-hydrogen) atoms. The van der Waals surface area contributed by atoms with Crippen LogP contribution in [0.1, 0.15) is 258 Å². The van der Waals surface area contributed by atoms with Crippen LogP contribution in [0.2, 0.25) is 0 Å². The number of hydrogen-bond acceptors (Lipinski definition) is 5. The number of carbonyl (C=O) groups excluding carboxylic acids is 2. The fourth-order valence-electron chi connectivity index (χ4n) is 7.34. The standard InChI is InChI=1S/C48H93NO5/c1-3-5-7-9-11-13-15-16-19-22-26-30-34-38-42-48(53)54-43-39-35-31-27-23-20-17-18-21-25-29-33-37-41-47(52)49-45(44-50)46(51)40-36-32-28-24-14-12-10-8-6-4-2/h36,40,45-46,50-51H,3-35,37-39,41-44H2,1-2H3,(H,49,52)/b40-36+. The van der Waals surface area contributed by atoms with Gasteiger partial charge in [-0.25, -0.2) is 0 Å². The fraction of sp³-hybridized carbons (Fsp3) is 0.917. The smallest absolute Gasteiger partial charge is 0.305 e. The molecule has 0 saturated carbocycles. The predicted octanol–water partition coefficient (Wildman–Crippen LogP) is 13.8. The minimum Gasteiger partial charge on any atom is -0.466 e. The number of esters is 1. The highest BCUT2D eigenvalue weighted by atomic mass is 16.5. The minimum absolute atomic E-state index is 0.00514. The molecule has 0 aromatic heterocycles. The van der Waals surface area contributed by atoms with Crippen molar-refractivity contribution in [3.05, 3.63) is 12.2 Å². The number of allylic oxidation sites excluding steroid dienone is 1. The quantitative estimate of drug-likeness (QED) is 0.0326. The van der Waals surface area contributed by atoms with E-state index in [1.807, 2.05) is 6.08 Å². The zero-order chi connectivity index (χ0) is 39.4. The Morgan fingerprint density at radius 2 is 0.852 bits per heavy atom. The average Bonchev–Trinajstić information content (AvgIpc) is 3.17. The second kappa shape index (κ2) is 44.3. The molecular formula is C48H93NO5. The van der Waals surface area contributed by atoms with Crippen molar-refractivity contribution < 1.29 is 24.5 Å². The fourth-order valence-corrected chi connectivity index (χ4v) is 7.34. The Bertz CT molecular complexity index is 802. The Morgan fingerprint density at radius 1 is 0.500 bits per heavy atom. The summed E-state index contributed by atoms with van der Waals surface area (Å²) >= 11 is 0. The molecule has 0 aliphatic rings. The lowest BCUT2D eigenvalue weighted by Crippen LogP contribution is -2.45. The molecule has 0 rings (SSSR count). The lowest BCUT2D eigenvalue weighted by Gasteiger charge is -2.20. The van der Waals surface area contributed by atoms with Gasteiger partial charge in [-0.05, 0) is 32.1 Å². The first-order chi connectivity index (χ1) is 26.5. The summed E-state index contributed by atoms with van der Waals surface area (Å²) in [7, 11) is 0. The van der Waals surface area contributed by atoms with Crippen LogP contribution in [0.3, 0.4) is 0 Å². The summed E-state index contributed by atoms with van der Waals surface area (Å²) in [5.41, 5.74) is 0. The third-order valence-corrected chi connectivity index (χ3v) is 11.1. The normalized spacial score (nSPS) is 12.7. The average molecular weight is 764 g/mol. The summed E-state index contributed by atoms with van der Waals surface area (Å²) in [5, 5.41) is 22.9. The van der Waals surface area contributed by atoms with Crippen LogP contribution in [0.15, 0.2) is 12.2 Å². The van der Waals surface area contributed by atoms with Crippen molar-refractivity contribution in [2.45, 2.75) is 270 Å². The molecule has 0 aromatic rings. The van der Waals surface area contributed by atoms with Gasteiger partial charge >= 0.3 is 5.97 Å². The van der Waals surface area contributed by atoms with Crippen LogP contribution in [-0.4, -0.2) is 47.4 Å². The molecule has 0 aliphatic carbocycles. The van der Waals surface area contributed by atoms with Gasteiger partial charge in [0.1, 0.15) is 0 Å². The highest BCUT2D eigenvalue weighted by molar-refractivity contribution is 5.76. The van der Waals surface area contributed by atoms with Crippen LogP contribution in [0.25, 0.3) is 0 Å². The number of aliphatic hydroxyl groups is 2. The third-order valence-electron chi connectivity index (χ3n) is 11.1. The zero-order valence-electron chi connectivity index (χ0n) is 36.2. The molecule has 0 saturated heterocycles. The Kier molecular flexibility index (Phi) is 43.2. The lowest BCUT2D eigenvalue weighted by atomic mass is 10.0. The first-order valence-electron chi connectivity index (χ1n) is 24.0. The van der Waals surface area contributed by atoms with Gasteiger partial charge in [0.05, 0.1) is 25.4 Å². The first-order valence-corrected chi connectivity index (χ1v) is 24.0. The summed E-state index contributed by atoms with van der Waals surface area (Å²) in [4.78, 5) is 24.4. The van der Waals surface area contributed by atoms with Crippen LogP contribution in [-0.2, 0) is 14.3 Å². The molecule has 3 N–H and O–H groups in total. The van der Waals surface area contributed by atoms with Gasteiger partial charge in [-0.1, -0.05) is 225 Å². The number of rotatable bonds is 44. The van der Waals surface area contributed by atoms with E-state index in [-0.39, 0.29) is 18.5 Å². The summed E-state index contributed by atoms with van der Waals surface area (Å²) in [6.45, 7) is 4.85. The number of hydrogen-bond donors (Lipinski definition) is 3. The molecule has 0 heterocycles. The topological polar surface area (TPSA) is 95.9 Å². The molecule has 6 nitrogen and oxygen atoms in total. The predicted molar refractivity (Wildman–Crippen MR) is 232 cm³/mol. The van der Waals surface area contributed by atoms with Gasteiger partial charge in [0, 0.05) is 12.8 Å². The Labute approximate surface area is 336 Å². The molecule has 6 heteroatoms. The number of amides is 1. The summed E-state index contributed by atoms with van der Waals surface area (Å²) in [6, 6.07) is -0.634. The molecule has 2 atom stereocenters. The third kappa shape index (κ3) is 40.3. The maximum Gasteiger partial charge on any atom is 0.305 e. The Hall–Kier alpha value is -1.40. The van der Waals surface area contributed by atoms with E-state index in [4.69, 9.17) is 4.74 Å². The maximum absolute atomic E-state index is 12.4. The van der Waals surface area contributed by atoms with E-state index in [9.17, 15) is 19.8 Å². The van der Waals surface area contributed by atoms with Gasteiger partial charge < -0.3 is 20.3 Å². The van der Waals surface area contributed by atoms with Crippen LogP contribution in [0.4, 0.5) is 0 Å². The maximum atomic E-state index is 12.4. The van der Waals surface area contributed by atoms with Crippen molar-refractivity contribution in [1.29, 1.82) is 0 Å². The molecular weight excluding hydrogens is 671 g/mol. The second-order valence-electron chi connectivity index (χ2n) is 16.5. The number of carbonyl (C=O) groups is 2. The zero-order valence-corrected chi connectivity index (χ0v) is 36.2. The van der Waals surface area contributed by atoms with Gasteiger partial charge in [0.25, 0.3) is 0 Å². The van der Waals surface area contributed by atoms with Crippen molar-refractivity contribution in [2.75, 3.05) is 13.2 Å². The monoisotopic (exact) mass is 764 g/mol. The van der Waals surface area contributed by atoms with E-state index >= 15 is 0 Å². The molecule has 0 bridgehead atoms. The van der Waals surface area contributed by atoms with Gasteiger partial charge in [-0.2, -0.15) is 0 Å². The molecule has 0 spiro atoms. The Balaban J connectivity index is 3.45. The van der Waals surface area contributed by atoms with Crippen LogP contribution in [0.5, 0.6) is 0 Å². The molecule has 0 aliphatic heterocycles. The highest BCUT2D eigenvalue weighted by Crippen LogP contribution is 2.16. The summed E-state index contributed by atoms with van der Waals surface area (Å²) in [5.74, 6) is -0.0876. The van der Waals surface area contributed by atoms with Crippen molar-refractivity contribution in [3.8, 4) is 0 Å². The van der Waals surface area contributed by atoms with Crippen LogP contribution >= 0.6 is 0 Å². The van der Waals surface area contributed by atoms with E-state index in [1.165, 1.54) is 173 Å². The van der Waals surface area contributed by atoms with Crippen LogP contribution < -0.4 is 5.32 Å². The summed E-state index contributed by atoms with van der Waals surface area (Å²) in [6.07, 6.45) is 49.2. The molecule has 0 fully saturated rings. The van der Waals surface area contributed by atoms with E-state index in [0.717, 1.165) is 57.8 Å². The van der Waals surface area contributed by atoms with Gasteiger partial charge in [-0.15, -0.1) is 0 Å². The number of nitrogens with one attached hydrogen (secondary N) is 1. The number of ether oxygens (including phenoxy) is 1. The van der Waals surface area contributed by atoms with E-state index in [0.29, 0.717) is 19.4 Å². The largest absolute Gasteiger partial charge is 0.466 e. The molecule has 1 amide bonds. The molecule has 2 unspecified atom stereocenters. The first kappa shape index (κ1) is 52.6. The lowest BCUT2D eigenvalue weighted by molar-refractivity contribution is -0.143. The SMILES string of the molecule is CCCCCCCCCC/C=C/C(O)C(CO)NC(=O)CCCCCCCCCCCCCCCOC(=O)CCCCCCCCCCCCCCCC. The number of aliphatic hydroxyl groups excluding tert-OH is 2. The van der Waals surface area contributed by atoms with Crippen molar-refractivity contribution >= 4 is 11.9 Å². The van der Waals surface area contributed by atoms with E-state index < -0.39 is 12.1 Å². The molecule has 0 aromatic carbocycles. The van der Waals surface area contributed by atoms with Crippen LogP contribution in [0, 0.1) is 0 Å². The highest BCUT2D eigenvalue weighted by Gasteiger charge is 2.18. The summed E-state index contributed by atoms with van der Waals surface area (Å²) < 4.78 is 5.46. The van der Waals surface area contributed by atoms with Crippen molar-refractivity contribution in [3.63, 3.8) is 0 Å². The number of unbranched alkanes of at least 4 members (excludes halogenated alkanes) is 33. The van der Waals surface area contributed by atoms with Gasteiger partial charge in [-0.3, -0.25) is 9.59 Å². The van der Waals surface area contributed by atoms with Crippen molar-refractivity contribution in [2.24, 2.45) is 0 Å². The molecule has 320 valence electrons. The van der Waals surface area contributed by atoms with Gasteiger partial charge in [0.2, 0.25) is 5.91 Å². The van der Waals surface area contributed by atoms with Gasteiger partial charge in [0.15, 0.2) is 0 Å².